The van der Waals surface area contributed by atoms with Crippen LogP contribution in [0, 0.1) is 0 Å². The van der Waals surface area contributed by atoms with Crippen molar-refractivity contribution in [2.75, 3.05) is 13.4 Å². The molecule has 3 nitrogen and oxygen atoms in total. The zero-order valence-electron chi connectivity index (χ0n) is 12.6. The van der Waals surface area contributed by atoms with Gasteiger partial charge in [0.2, 0.25) is 0 Å². The fourth-order valence-corrected chi connectivity index (χ4v) is 3.80. The molecule has 0 saturated heterocycles. The summed E-state index contributed by atoms with van der Waals surface area (Å²) in [6.07, 6.45) is 7.29. The van der Waals surface area contributed by atoms with E-state index in [1.807, 2.05) is 23.9 Å². The van der Waals surface area contributed by atoms with Gasteiger partial charge in [-0.05, 0) is 38.5 Å². The van der Waals surface area contributed by atoms with Crippen LogP contribution in [0.1, 0.15) is 44.2 Å². The minimum Gasteiger partial charge on any atom is -0.507 e. The summed E-state index contributed by atoms with van der Waals surface area (Å²) in [5, 5.41) is 14.5. The third kappa shape index (κ3) is 3.83. The van der Waals surface area contributed by atoms with Crippen molar-refractivity contribution >= 4 is 11.8 Å². The van der Waals surface area contributed by atoms with Crippen molar-refractivity contribution in [1.82, 2.24) is 5.32 Å². The maximum Gasteiger partial charge on any atom is 0.124 e. The zero-order valence-corrected chi connectivity index (χ0v) is 13.4. The molecule has 0 amide bonds. The van der Waals surface area contributed by atoms with Crippen LogP contribution < -0.4 is 10.1 Å². The summed E-state index contributed by atoms with van der Waals surface area (Å²) in [6.45, 7) is 2.12. The number of hydrogen-bond donors (Lipinski definition) is 2. The topological polar surface area (TPSA) is 41.5 Å². The molecule has 112 valence electrons. The van der Waals surface area contributed by atoms with Crippen molar-refractivity contribution < 1.29 is 9.84 Å². The minimum atomic E-state index is 0.159. The van der Waals surface area contributed by atoms with Crippen LogP contribution in [0.25, 0.3) is 0 Å². The summed E-state index contributed by atoms with van der Waals surface area (Å²) in [5.74, 6) is 1.00. The van der Waals surface area contributed by atoms with E-state index in [9.17, 15) is 5.11 Å². The molecule has 0 aromatic heterocycles. The summed E-state index contributed by atoms with van der Waals surface area (Å²) in [5.41, 5.74) is 0.942. The molecule has 1 saturated carbocycles. The van der Waals surface area contributed by atoms with E-state index in [2.05, 4.69) is 18.5 Å². The lowest BCUT2D eigenvalue weighted by molar-refractivity contribution is 0.347. The number of nitrogens with one attached hydrogen (secondary N) is 1. The summed E-state index contributed by atoms with van der Waals surface area (Å²) in [4.78, 5) is 0. The molecule has 0 heterocycles. The molecular formula is C16H25NO2S. The molecule has 1 aliphatic rings. The van der Waals surface area contributed by atoms with Gasteiger partial charge in [-0.3, -0.25) is 0 Å². The Morgan fingerprint density at radius 2 is 2.20 bits per heavy atom. The molecule has 2 rings (SSSR count). The quantitative estimate of drug-likeness (QED) is 0.868. The second-order valence-electron chi connectivity index (χ2n) is 5.53. The van der Waals surface area contributed by atoms with Crippen molar-refractivity contribution in [3.63, 3.8) is 0 Å². The molecule has 2 N–H and O–H groups in total. The van der Waals surface area contributed by atoms with Gasteiger partial charge in [-0.25, -0.2) is 0 Å². The van der Waals surface area contributed by atoms with Gasteiger partial charge in [0.15, 0.2) is 0 Å². The van der Waals surface area contributed by atoms with Crippen LogP contribution in [0.3, 0.4) is 0 Å². The molecule has 0 bridgehead atoms. The minimum absolute atomic E-state index is 0.159. The monoisotopic (exact) mass is 295 g/mol. The summed E-state index contributed by atoms with van der Waals surface area (Å²) < 4.78 is 5.13. The number of rotatable bonds is 5. The lowest BCUT2D eigenvalue weighted by Crippen LogP contribution is -2.36. The second kappa shape index (κ2) is 7.23. The average Bonchev–Trinajstić information content (AvgIpc) is 2.47. The van der Waals surface area contributed by atoms with E-state index in [4.69, 9.17) is 4.74 Å². The first-order valence-corrected chi connectivity index (χ1v) is 8.58. The van der Waals surface area contributed by atoms with Crippen molar-refractivity contribution in [3.8, 4) is 11.5 Å². The van der Waals surface area contributed by atoms with Gasteiger partial charge >= 0.3 is 0 Å². The Kier molecular flexibility index (Phi) is 5.61. The number of aromatic hydroxyl groups is 1. The number of methoxy groups -OCH3 is 1. The van der Waals surface area contributed by atoms with E-state index in [0.717, 1.165) is 10.8 Å². The first kappa shape index (κ1) is 15.5. The molecule has 0 radical (unpaired) electrons. The highest BCUT2D eigenvalue weighted by atomic mass is 32.2. The molecule has 4 heteroatoms. The zero-order chi connectivity index (χ0) is 14.5. The Morgan fingerprint density at radius 3 is 2.85 bits per heavy atom. The van der Waals surface area contributed by atoms with Crippen LogP contribution in [0.2, 0.25) is 0 Å². The standard InChI is InChI=1S/C16H25NO2S/c1-11(15-8-7-13(19-2)10-16(15)18)17-12-5-4-6-14(9-12)20-3/h7-8,10-12,14,17-18H,4-6,9H2,1-3H3. The van der Waals surface area contributed by atoms with E-state index < -0.39 is 0 Å². The van der Waals surface area contributed by atoms with Gasteiger partial charge in [0.25, 0.3) is 0 Å². The molecule has 1 aromatic rings. The van der Waals surface area contributed by atoms with Crippen LogP contribution in [0.5, 0.6) is 11.5 Å². The Morgan fingerprint density at radius 1 is 1.40 bits per heavy atom. The number of benzene rings is 1. The average molecular weight is 295 g/mol. The number of ether oxygens (including phenoxy) is 1. The third-order valence-electron chi connectivity index (χ3n) is 4.15. The van der Waals surface area contributed by atoms with E-state index >= 15 is 0 Å². The Balaban J connectivity index is 1.99. The van der Waals surface area contributed by atoms with Gasteiger partial charge in [-0.2, -0.15) is 11.8 Å². The lowest BCUT2D eigenvalue weighted by atomic mass is 9.93. The van der Waals surface area contributed by atoms with Crippen molar-refractivity contribution in [2.45, 2.75) is 49.9 Å². The normalized spacial score (nSPS) is 24.4. The highest BCUT2D eigenvalue weighted by Crippen LogP contribution is 2.31. The molecule has 0 spiro atoms. The molecule has 1 aromatic carbocycles. The third-order valence-corrected chi connectivity index (χ3v) is 5.24. The number of phenols is 1. The van der Waals surface area contributed by atoms with Crippen molar-refractivity contribution in [3.05, 3.63) is 23.8 Å². The predicted molar refractivity (Wildman–Crippen MR) is 85.8 cm³/mol. The maximum atomic E-state index is 10.1. The van der Waals surface area contributed by atoms with E-state index in [-0.39, 0.29) is 6.04 Å². The first-order chi connectivity index (χ1) is 9.63. The van der Waals surface area contributed by atoms with Gasteiger partial charge < -0.3 is 15.2 Å². The van der Waals surface area contributed by atoms with Crippen LogP contribution in [0.4, 0.5) is 0 Å². The van der Waals surface area contributed by atoms with Gasteiger partial charge in [-0.15, -0.1) is 0 Å². The fourth-order valence-electron chi connectivity index (χ4n) is 2.97. The van der Waals surface area contributed by atoms with Crippen LogP contribution in [-0.2, 0) is 0 Å². The molecular weight excluding hydrogens is 270 g/mol. The molecule has 1 fully saturated rings. The van der Waals surface area contributed by atoms with E-state index in [1.165, 1.54) is 25.7 Å². The SMILES string of the molecule is COc1ccc(C(C)NC2CCCC(SC)C2)c(O)c1. The predicted octanol–water partition coefficient (Wildman–Crippen LogP) is 3.73. The van der Waals surface area contributed by atoms with E-state index in [1.54, 1.807) is 13.2 Å². The highest BCUT2D eigenvalue weighted by Gasteiger charge is 2.23. The largest absolute Gasteiger partial charge is 0.507 e. The Labute approximate surface area is 126 Å². The molecule has 0 aliphatic heterocycles. The van der Waals surface area contributed by atoms with Gasteiger partial charge in [-0.1, -0.05) is 12.5 Å². The van der Waals surface area contributed by atoms with Crippen LogP contribution in [0.15, 0.2) is 18.2 Å². The van der Waals surface area contributed by atoms with Gasteiger partial charge in [0, 0.05) is 29.0 Å². The second-order valence-corrected chi connectivity index (χ2v) is 6.67. The van der Waals surface area contributed by atoms with Gasteiger partial charge in [0.1, 0.15) is 11.5 Å². The Bertz CT molecular complexity index is 438. The van der Waals surface area contributed by atoms with Gasteiger partial charge in [0.05, 0.1) is 7.11 Å². The summed E-state index contributed by atoms with van der Waals surface area (Å²) >= 11 is 1.97. The molecule has 3 unspecified atom stereocenters. The van der Waals surface area contributed by atoms with Crippen LogP contribution in [-0.4, -0.2) is 29.8 Å². The highest BCUT2D eigenvalue weighted by molar-refractivity contribution is 7.99. The fraction of sp³-hybridized carbons (Fsp3) is 0.625. The Hall–Kier alpha value is -0.870. The maximum absolute atomic E-state index is 10.1. The number of phenolic OH excluding ortho intramolecular Hbond substituents is 1. The number of thioether (sulfide) groups is 1. The lowest BCUT2D eigenvalue weighted by Gasteiger charge is -2.31. The molecule has 1 aliphatic carbocycles. The van der Waals surface area contributed by atoms with Crippen molar-refractivity contribution in [1.29, 1.82) is 0 Å². The molecule has 20 heavy (non-hydrogen) atoms. The van der Waals surface area contributed by atoms with Crippen LogP contribution >= 0.6 is 11.8 Å². The smallest absolute Gasteiger partial charge is 0.124 e. The molecule has 3 atom stereocenters. The first-order valence-electron chi connectivity index (χ1n) is 7.29. The number of hydrogen-bond acceptors (Lipinski definition) is 4. The van der Waals surface area contributed by atoms with E-state index in [0.29, 0.717) is 17.5 Å². The summed E-state index contributed by atoms with van der Waals surface area (Å²) in [6, 6.07) is 6.24. The summed E-state index contributed by atoms with van der Waals surface area (Å²) in [7, 11) is 1.61. The van der Waals surface area contributed by atoms with Crippen molar-refractivity contribution in [2.24, 2.45) is 0 Å².